The minimum atomic E-state index is -0.957. The molecule has 6 nitrogen and oxygen atoms in total. The standard InChI is InChI=1S/C26H25NO5S/c1-2-30-23(26(28)29)16-18-10-12-20(13-11-18)31-14-15-32-21-7-5-6-19(17-21)25-27-22-8-3-4-9-24(22)33-25/h3-13,17,23H,2,14-16H2,1H3,(H,28,29)/t23-/m0/s1. The van der Waals surface area contributed by atoms with Crippen LogP contribution < -0.4 is 9.47 Å². The minimum absolute atomic E-state index is 0.317. The lowest BCUT2D eigenvalue weighted by Crippen LogP contribution is -2.26. The van der Waals surface area contributed by atoms with Crippen LogP contribution in [0.5, 0.6) is 11.5 Å². The summed E-state index contributed by atoms with van der Waals surface area (Å²) >= 11 is 1.66. The summed E-state index contributed by atoms with van der Waals surface area (Å²) in [5, 5.41) is 10.2. The average molecular weight is 464 g/mol. The first-order valence-corrected chi connectivity index (χ1v) is 11.6. The molecular weight excluding hydrogens is 438 g/mol. The number of aromatic nitrogens is 1. The van der Waals surface area contributed by atoms with Crippen molar-refractivity contribution in [3.05, 3.63) is 78.4 Å². The highest BCUT2D eigenvalue weighted by Crippen LogP contribution is 2.31. The molecule has 0 spiro atoms. The molecular formula is C26H25NO5S. The Bertz CT molecular complexity index is 1170. The number of carboxylic acid groups (broad SMARTS) is 1. The fraction of sp³-hybridized carbons (Fsp3) is 0.231. The maximum absolute atomic E-state index is 11.2. The fourth-order valence-corrected chi connectivity index (χ4v) is 4.35. The molecule has 0 unspecified atom stereocenters. The number of fused-ring (bicyclic) bond motifs is 1. The van der Waals surface area contributed by atoms with Crippen molar-refractivity contribution in [2.45, 2.75) is 19.4 Å². The van der Waals surface area contributed by atoms with E-state index in [1.165, 1.54) is 0 Å². The lowest BCUT2D eigenvalue weighted by atomic mass is 10.1. The first kappa shape index (κ1) is 22.8. The van der Waals surface area contributed by atoms with E-state index in [1.54, 1.807) is 18.3 Å². The molecule has 4 aromatic rings. The highest BCUT2D eigenvalue weighted by molar-refractivity contribution is 7.21. The lowest BCUT2D eigenvalue weighted by Gasteiger charge is -2.13. The molecule has 0 aliphatic carbocycles. The largest absolute Gasteiger partial charge is 0.490 e. The number of aliphatic carboxylic acids is 1. The molecule has 0 amide bonds. The van der Waals surface area contributed by atoms with E-state index in [4.69, 9.17) is 19.2 Å². The van der Waals surface area contributed by atoms with Crippen LogP contribution in [0.1, 0.15) is 12.5 Å². The van der Waals surface area contributed by atoms with Crippen molar-refractivity contribution in [1.82, 2.24) is 4.98 Å². The van der Waals surface area contributed by atoms with Crippen LogP contribution in [-0.2, 0) is 16.0 Å². The Labute approximate surface area is 196 Å². The van der Waals surface area contributed by atoms with E-state index in [9.17, 15) is 9.90 Å². The minimum Gasteiger partial charge on any atom is -0.490 e. The van der Waals surface area contributed by atoms with E-state index in [-0.39, 0.29) is 0 Å². The van der Waals surface area contributed by atoms with Crippen LogP contribution in [0, 0.1) is 0 Å². The summed E-state index contributed by atoms with van der Waals surface area (Å²) in [7, 11) is 0. The maximum atomic E-state index is 11.2. The Kier molecular flexibility index (Phi) is 7.55. The van der Waals surface area contributed by atoms with Crippen molar-refractivity contribution in [3.63, 3.8) is 0 Å². The average Bonchev–Trinajstić information content (AvgIpc) is 3.27. The molecule has 0 saturated heterocycles. The summed E-state index contributed by atoms with van der Waals surface area (Å²) in [5.41, 5.74) is 2.91. The van der Waals surface area contributed by atoms with Gasteiger partial charge in [0.15, 0.2) is 6.10 Å². The Balaban J connectivity index is 1.28. The molecule has 1 N–H and O–H groups in total. The van der Waals surface area contributed by atoms with Crippen molar-refractivity contribution in [2.75, 3.05) is 19.8 Å². The normalized spacial score (nSPS) is 11.9. The van der Waals surface area contributed by atoms with Gasteiger partial charge in [0, 0.05) is 18.6 Å². The summed E-state index contributed by atoms with van der Waals surface area (Å²) in [6.45, 7) is 2.94. The third kappa shape index (κ3) is 6.09. The second kappa shape index (κ2) is 10.9. The SMILES string of the molecule is CCO[C@@H](Cc1ccc(OCCOc2cccc(-c3nc4ccccc4s3)c2)cc1)C(=O)O. The van der Waals surface area contributed by atoms with Crippen LogP contribution in [0.25, 0.3) is 20.8 Å². The molecule has 1 heterocycles. The molecule has 170 valence electrons. The smallest absolute Gasteiger partial charge is 0.333 e. The van der Waals surface area contributed by atoms with Gasteiger partial charge in [0.05, 0.1) is 10.2 Å². The number of para-hydroxylation sites is 1. The predicted molar refractivity (Wildman–Crippen MR) is 129 cm³/mol. The molecule has 1 aromatic heterocycles. The summed E-state index contributed by atoms with van der Waals surface area (Å²) in [5.74, 6) is 0.511. The lowest BCUT2D eigenvalue weighted by molar-refractivity contribution is -0.149. The summed E-state index contributed by atoms with van der Waals surface area (Å²) in [6, 6.07) is 23.4. The van der Waals surface area contributed by atoms with Gasteiger partial charge in [-0.3, -0.25) is 0 Å². The molecule has 0 aliphatic heterocycles. The van der Waals surface area contributed by atoms with Gasteiger partial charge in [-0.15, -0.1) is 11.3 Å². The van der Waals surface area contributed by atoms with Gasteiger partial charge in [-0.1, -0.05) is 36.4 Å². The van der Waals surface area contributed by atoms with Crippen molar-refractivity contribution >= 4 is 27.5 Å². The molecule has 0 radical (unpaired) electrons. The number of thiazole rings is 1. The van der Waals surface area contributed by atoms with E-state index in [0.29, 0.717) is 32.0 Å². The van der Waals surface area contributed by atoms with Gasteiger partial charge >= 0.3 is 5.97 Å². The first-order valence-electron chi connectivity index (χ1n) is 10.8. The van der Waals surface area contributed by atoms with Gasteiger partial charge < -0.3 is 19.3 Å². The van der Waals surface area contributed by atoms with E-state index < -0.39 is 12.1 Å². The van der Waals surface area contributed by atoms with E-state index in [1.807, 2.05) is 66.7 Å². The number of rotatable bonds is 11. The molecule has 3 aromatic carbocycles. The van der Waals surface area contributed by atoms with Crippen molar-refractivity contribution in [1.29, 1.82) is 0 Å². The second-order valence-electron chi connectivity index (χ2n) is 7.34. The van der Waals surface area contributed by atoms with E-state index in [2.05, 4.69) is 6.07 Å². The van der Waals surface area contributed by atoms with Crippen LogP contribution in [0.2, 0.25) is 0 Å². The summed E-state index contributed by atoms with van der Waals surface area (Å²) < 4.78 is 18.0. The van der Waals surface area contributed by atoms with Crippen LogP contribution in [-0.4, -0.2) is 42.0 Å². The Hall–Kier alpha value is -3.42. The van der Waals surface area contributed by atoms with E-state index >= 15 is 0 Å². The maximum Gasteiger partial charge on any atom is 0.333 e. The quantitative estimate of drug-likeness (QED) is 0.298. The van der Waals surface area contributed by atoms with Gasteiger partial charge in [0.25, 0.3) is 0 Å². The predicted octanol–water partition coefficient (Wildman–Crippen LogP) is 5.45. The zero-order valence-corrected chi connectivity index (χ0v) is 19.1. The molecule has 0 fully saturated rings. The third-order valence-electron chi connectivity index (χ3n) is 4.98. The van der Waals surface area contributed by atoms with Gasteiger partial charge in [0.1, 0.15) is 29.7 Å². The molecule has 33 heavy (non-hydrogen) atoms. The number of nitrogens with zero attached hydrogens (tertiary/aromatic N) is 1. The zero-order valence-electron chi connectivity index (χ0n) is 18.3. The Morgan fingerprint density at radius 2 is 1.73 bits per heavy atom. The number of carboxylic acids is 1. The Morgan fingerprint density at radius 3 is 2.45 bits per heavy atom. The van der Waals surface area contributed by atoms with Gasteiger partial charge in [0.2, 0.25) is 0 Å². The number of ether oxygens (including phenoxy) is 3. The number of benzene rings is 3. The fourth-order valence-electron chi connectivity index (χ4n) is 3.39. The molecule has 4 rings (SSSR count). The summed E-state index contributed by atoms with van der Waals surface area (Å²) in [4.78, 5) is 15.9. The molecule has 0 aliphatic rings. The van der Waals surface area contributed by atoms with Crippen LogP contribution in [0.3, 0.4) is 0 Å². The van der Waals surface area contributed by atoms with Crippen LogP contribution in [0.4, 0.5) is 0 Å². The van der Waals surface area contributed by atoms with E-state index in [0.717, 1.165) is 32.1 Å². The first-order chi connectivity index (χ1) is 16.1. The molecule has 7 heteroatoms. The zero-order chi connectivity index (χ0) is 23.0. The van der Waals surface area contributed by atoms with Crippen molar-refractivity contribution in [2.24, 2.45) is 0 Å². The van der Waals surface area contributed by atoms with Crippen LogP contribution in [0.15, 0.2) is 72.8 Å². The number of carbonyl (C=O) groups is 1. The van der Waals surface area contributed by atoms with Gasteiger partial charge in [-0.2, -0.15) is 0 Å². The van der Waals surface area contributed by atoms with Gasteiger partial charge in [-0.25, -0.2) is 9.78 Å². The van der Waals surface area contributed by atoms with Crippen molar-refractivity contribution in [3.8, 4) is 22.1 Å². The topological polar surface area (TPSA) is 77.9 Å². The second-order valence-corrected chi connectivity index (χ2v) is 8.37. The molecule has 1 atom stereocenters. The van der Waals surface area contributed by atoms with Crippen LogP contribution >= 0.6 is 11.3 Å². The van der Waals surface area contributed by atoms with Gasteiger partial charge in [-0.05, 0) is 48.9 Å². The number of hydrogen-bond acceptors (Lipinski definition) is 6. The Morgan fingerprint density at radius 1 is 0.970 bits per heavy atom. The third-order valence-corrected chi connectivity index (χ3v) is 6.07. The monoisotopic (exact) mass is 463 g/mol. The molecule has 0 saturated carbocycles. The van der Waals surface area contributed by atoms with Crippen molar-refractivity contribution < 1.29 is 24.1 Å². The highest BCUT2D eigenvalue weighted by Gasteiger charge is 2.17. The molecule has 0 bridgehead atoms. The number of hydrogen-bond donors (Lipinski definition) is 1. The highest BCUT2D eigenvalue weighted by atomic mass is 32.1. The summed E-state index contributed by atoms with van der Waals surface area (Å²) in [6.07, 6.45) is -0.522.